The molecule has 9 atom stereocenters. The van der Waals surface area contributed by atoms with Crippen molar-refractivity contribution >= 4 is 11.8 Å². The zero-order valence-corrected chi connectivity index (χ0v) is 19.4. The van der Waals surface area contributed by atoms with Gasteiger partial charge >= 0.3 is 5.97 Å². The van der Waals surface area contributed by atoms with Crippen LogP contribution in [0.1, 0.15) is 65.4 Å². The van der Waals surface area contributed by atoms with E-state index in [1.807, 2.05) is 39.2 Å². The van der Waals surface area contributed by atoms with Crippen LogP contribution >= 0.6 is 0 Å². The average molecular weight is 441 g/mol. The number of furan rings is 1. The highest BCUT2D eigenvalue weighted by Gasteiger charge is 2.87. The number of hydrogen-bond acceptors (Lipinski definition) is 6. The molecule has 4 fully saturated rings. The van der Waals surface area contributed by atoms with E-state index in [1.165, 1.54) is 6.08 Å². The largest absolute Gasteiger partial charge is 0.472 e. The summed E-state index contributed by atoms with van der Waals surface area (Å²) in [7, 11) is 0. The van der Waals surface area contributed by atoms with Crippen LogP contribution in [0.5, 0.6) is 0 Å². The van der Waals surface area contributed by atoms with Crippen molar-refractivity contribution in [2.24, 2.45) is 28.1 Å². The Kier molecular flexibility index (Phi) is 3.72. The van der Waals surface area contributed by atoms with E-state index in [1.54, 1.807) is 6.26 Å². The number of esters is 1. The van der Waals surface area contributed by atoms with Gasteiger partial charge in [0.15, 0.2) is 5.78 Å². The summed E-state index contributed by atoms with van der Waals surface area (Å²) in [5, 5.41) is 11.5. The van der Waals surface area contributed by atoms with Gasteiger partial charge in [-0.3, -0.25) is 4.79 Å². The molecule has 6 heteroatoms. The van der Waals surface area contributed by atoms with Crippen LogP contribution in [0.4, 0.5) is 0 Å². The molecule has 3 saturated carbocycles. The summed E-state index contributed by atoms with van der Waals surface area (Å²) >= 11 is 0. The molecular weight excluding hydrogens is 408 g/mol. The second kappa shape index (κ2) is 5.76. The number of carbonyl (C=O) groups excluding carboxylic acids is 2. The number of ether oxygens (including phenoxy) is 2. The molecule has 172 valence electrons. The smallest absolute Gasteiger partial charge is 0.330 e. The lowest BCUT2D eigenvalue weighted by Crippen LogP contribution is -2.72. The first kappa shape index (κ1) is 20.7. The third kappa shape index (κ3) is 2.02. The number of allylic oxidation sites excluding steroid dienone is 1. The lowest BCUT2D eigenvalue weighted by molar-refractivity contribution is -0.216. The zero-order valence-electron chi connectivity index (χ0n) is 19.4. The summed E-state index contributed by atoms with van der Waals surface area (Å²) < 4.78 is 17.6. The molecule has 5 aliphatic rings. The second-order valence-electron chi connectivity index (χ2n) is 11.9. The SMILES string of the molecule is CC1(C)OC(=O)C=C[C@]2(C)[C@H]3CC[C@]4(C)[C@H](c5ccoc5)C[C@@H]5O[C@@]54[C@]3(C)C(=O)[C@H](O)[C@@H]12. The third-order valence-corrected chi connectivity index (χ3v) is 10.4. The van der Waals surface area contributed by atoms with E-state index in [9.17, 15) is 14.7 Å². The first-order valence-electron chi connectivity index (χ1n) is 11.8. The Balaban J connectivity index is 1.52. The van der Waals surface area contributed by atoms with E-state index in [4.69, 9.17) is 13.9 Å². The highest BCUT2D eigenvalue weighted by molar-refractivity contribution is 5.93. The van der Waals surface area contributed by atoms with Gasteiger partial charge < -0.3 is 19.0 Å². The number of rotatable bonds is 1. The summed E-state index contributed by atoms with van der Waals surface area (Å²) in [5.41, 5.74) is -2.11. The van der Waals surface area contributed by atoms with Crippen LogP contribution in [0.25, 0.3) is 0 Å². The number of hydrogen-bond donors (Lipinski definition) is 1. The first-order valence-corrected chi connectivity index (χ1v) is 11.8. The van der Waals surface area contributed by atoms with Gasteiger partial charge in [0.25, 0.3) is 0 Å². The number of Topliss-reactive ketones (excluding diaryl/α,β-unsaturated/α-hetero) is 1. The number of ketones is 1. The molecule has 0 bridgehead atoms. The van der Waals surface area contributed by atoms with Crippen molar-refractivity contribution in [1.82, 2.24) is 0 Å². The number of epoxide rings is 1. The molecule has 0 aromatic carbocycles. The minimum Gasteiger partial charge on any atom is -0.472 e. The monoisotopic (exact) mass is 440 g/mol. The molecule has 1 aromatic heterocycles. The molecule has 6 nitrogen and oxygen atoms in total. The van der Waals surface area contributed by atoms with Crippen LogP contribution in [0.15, 0.2) is 35.2 Å². The molecule has 0 unspecified atom stereocenters. The van der Waals surface area contributed by atoms with Crippen molar-refractivity contribution in [3.05, 3.63) is 36.3 Å². The molecule has 1 aromatic rings. The van der Waals surface area contributed by atoms with Crippen LogP contribution in [-0.4, -0.2) is 40.3 Å². The summed E-state index contributed by atoms with van der Waals surface area (Å²) in [6.45, 7) is 9.99. The number of cyclic esters (lactones) is 1. The maximum Gasteiger partial charge on any atom is 0.330 e. The number of fused-ring (bicyclic) bond motifs is 3. The van der Waals surface area contributed by atoms with Crippen LogP contribution in [0.2, 0.25) is 0 Å². The van der Waals surface area contributed by atoms with Crippen molar-refractivity contribution in [1.29, 1.82) is 0 Å². The maximum atomic E-state index is 14.2. The highest BCUT2D eigenvalue weighted by Crippen LogP contribution is 2.81. The van der Waals surface area contributed by atoms with Gasteiger partial charge in [0.05, 0.1) is 24.0 Å². The van der Waals surface area contributed by atoms with Crippen LogP contribution in [0, 0.1) is 28.1 Å². The van der Waals surface area contributed by atoms with Gasteiger partial charge in [0, 0.05) is 17.4 Å². The van der Waals surface area contributed by atoms with E-state index >= 15 is 0 Å². The average Bonchev–Trinajstić information content (AvgIpc) is 3.11. The van der Waals surface area contributed by atoms with E-state index in [2.05, 4.69) is 13.8 Å². The lowest BCUT2D eigenvalue weighted by atomic mass is 9.38. The molecule has 6 rings (SSSR count). The van der Waals surface area contributed by atoms with Crippen LogP contribution in [0.3, 0.4) is 0 Å². The molecule has 0 radical (unpaired) electrons. The van der Waals surface area contributed by atoms with Gasteiger partial charge in [-0.25, -0.2) is 4.79 Å². The molecule has 1 saturated heterocycles. The fourth-order valence-corrected chi connectivity index (χ4v) is 9.28. The molecule has 1 spiro atoms. The van der Waals surface area contributed by atoms with Crippen LogP contribution < -0.4 is 0 Å². The van der Waals surface area contributed by atoms with Gasteiger partial charge in [-0.05, 0) is 68.9 Å². The van der Waals surface area contributed by atoms with Gasteiger partial charge in [0.2, 0.25) is 0 Å². The van der Waals surface area contributed by atoms with Crippen molar-refractivity contribution in [3.63, 3.8) is 0 Å². The Morgan fingerprint density at radius 2 is 1.88 bits per heavy atom. The second-order valence-corrected chi connectivity index (χ2v) is 11.9. The Bertz CT molecular complexity index is 1040. The lowest BCUT2D eigenvalue weighted by Gasteiger charge is -2.64. The summed E-state index contributed by atoms with van der Waals surface area (Å²) in [4.78, 5) is 26.5. The van der Waals surface area contributed by atoms with Crippen molar-refractivity contribution in [3.8, 4) is 0 Å². The Morgan fingerprint density at radius 1 is 1.12 bits per heavy atom. The minimum atomic E-state index is -1.23. The van der Waals surface area contributed by atoms with Gasteiger partial charge in [-0.15, -0.1) is 0 Å². The van der Waals surface area contributed by atoms with Crippen molar-refractivity contribution in [2.75, 3.05) is 0 Å². The van der Waals surface area contributed by atoms with E-state index in [-0.39, 0.29) is 29.1 Å². The Hall–Kier alpha value is -1.92. The molecule has 32 heavy (non-hydrogen) atoms. The van der Waals surface area contributed by atoms with E-state index in [0.29, 0.717) is 0 Å². The van der Waals surface area contributed by atoms with Gasteiger partial charge in [-0.2, -0.15) is 0 Å². The predicted octanol–water partition coefficient (Wildman–Crippen LogP) is 3.78. The standard InChI is InChI=1S/C26H32O6/c1-22(2)20-19(28)21(29)25(5)16(23(20,3)9-7-18(27)32-22)6-10-24(4)15(14-8-11-30-13-14)12-17-26(24,25)31-17/h7-9,11,13,15-17,19-20,28H,6,10,12H2,1-5H3/t15-,16+,17-,19+,20-,23+,24+,25-,26-/m0/s1. The fourth-order valence-electron chi connectivity index (χ4n) is 9.28. The number of aliphatic hydroxyl groups is 1. The van der Waals surface area contributed by atoms with Crippen molar-refractivity contribution in [2.45, 2.75) is 83.2 Å². The normalized spacial score (nSPS) is 52.9. The predicted molar refractivity (Wildman–Crippen MR) is 115 cm³/mol. The fraction of sp³-hybridized carbons (Fsp3) is 0.692. The molecule has 1 N–H and O–H groups in total. The highest BCUT2D eigenvalue weighted by atomic mass is 16.6. The molecule has 3 aliphatic carbocycles. The molecule has 0 amide bonds. The molecule has 2 aliphatic heterocycles. The van der Waals surface area contributed by atoms with Gasteiger partial charge in [0.1, 0.15) is 17.3 Å². The van der Waals surface area contributed by atoms with E-state index in [0.717, 1.165) is 24.8 Å². The number of aliphatic hydroxyl groups excluding tert-OH is 1. The molecular formula is C26H32O6. The maximum absolute atomic E-state index is 14.2. The summed E-state index contributed by atoms with van der Waals surface area (Å²) in [6.07, 6.45) is 8.26. The van der Waals surface area contributed by atoms with Crippen LogP contribution in [-0.2, 0) is 19.1 Å². The third-order valence-electron chi connectivity index (χ3n) is 10.4. The topological polar surface area (TPSA) is 89.3 Å². The van der Waals surface area contributed by atoms with Gasteiger partial charge in [-0.1, -0.05) is 19.9 Å². The Labute approximate surface area is 188 Å². The number of carbonyl (C=O) groups is 2. The minimum absolute atomic E-state index is 0.0165. The zero-order chi connectivity index (χ0) is 22.9. The summed E-state index contributed by atoms with van der Waals surface area (Å²) in [6, 6.07) is 2.02. The quantitative estimate of drug-likeness (QED) is 0.528. The Morgan fingerprint density at radius 3 is 2.56 bits per heavy atom. The van der Waals surface area contributed by atoms with Crippen molar-refractivity contribution < 1.29 is 28.6 Å². The van der Waals surface area contributed by atoms with E-state index < -0.39 is 40.0 Å². The molecule has 3 heterocycles. The first-order chi connectivity index (χ1) is 14.9. The summed E-state index contributed by atoms with van der Waals surface area (Å²) in [5.74, 6) is -0.924.